The first kappa shape index (κ1) is 19.6. The van der Waals surface area contributed by atoms with E-state index in [0.29, 0.717) is 17.9 Å². The Morgan fingerprint density at radius 2 is 1.82 bits per heavy atom. The van der Waals surface area contributed by atoms with Crippen LogP contribution in [0.25, 0.3) is 0 Å². The average Bonchev–Trinajstić information content (AvgIpc) is 2.72. The van der Waals surface area contributed by atoms with Crippen LogP contribution < -0.4 is 4.74 Å². The van der Waals surface area contributed by atoms with Gasteiger partial charge in [-0.1, -0.05) is 35.5 Å². The van der Waals surface area contributed by atoms with Crippen molar-refractivity contribution in [3.8, 4) is 11.8 Å². The van der Waals surface area contributed by atoms with Crippen molar-refractivity contribution in [3.63, 3.8) is 0 Å². The highest BCUT2D eigenvalue weighted by Crippen LogP contribution is 2.26. The zero-order valence-electron chi connectivity index (χ0n) is 14.8. The smallest absolute Gasteiger partial charge is 0.143 e. The van der Waals surface area contributed by atoms with E-state index in [9.17, 15) is 4.39 Å². The fourth-order valence-electron chi connectivity index (χ4n) is 2.42. The Labute approximate surface area is 171 Å². The van der Waals surface area contributed by atoms with Crippen molar-refractivity contribution in [2.24, 2.45) is 5.16 Å². The van der Waals surface area contributed by atoms with Crippen molar-refractivity contribution >= 4 is 22.1 Å². The van der Waals surface area contributed by atoms with E-state index in [0.717, 1.165) is 21.2 Å². The lowest BCUT2D eigenvalue weighted by atomic mass is 10.1. The number of halogens is 2. The van der Waals surface area contributed by atoms with Crippen LogP contribution in [0.3, 0.4) is 0 Å². The molecule has 0 aromatic heterocycles. The predicted molar refractivity (Wildman–Crippen MR) is 108 cm³/mol. The van der Waals surface area contributed by atoms with Gasteiger partial charge in [0.05, 0.1) is 22.3 Å². The van der Waals surface area contributed by atoms with E-state index in [1.807, 2.05) is 36.4 Å². The van der Waals surface area contributed by atoms with Gasteiger partial charge in [-0.2, -0.15) is 5.26 Å². The molecular weight excluding hydrogens is 423 g/mol. The maximum absolute atomic E-state index is 12.9. The van der Waals surface area contributed by atoms with Gasteiger partial charge in [0.1, 0.15) is 24.8 Å². The number of benzene rings is 3. The zero-order chi connectivity index (χ0) is 19.8. The van der Waals surface area contributed by atoms with Gasteiger partial charge in [-0.05, 0) is 63.5 Å². The second-order valence-electron chi connectivity index (χ2n) is 5.88. The standard InChI is InChI=1S/C22H16BrFN2O2/c23-21-11-17(13-26-28-15-19-4-2-1-3-18(19)12-25)7-10-22(21)27-14-16-5-8-20(24)9-6-16/h1-11,13H,14-15H2/b26-13-. The highest BCUT2D eigenvalue weighted by molar-refractivity contribution is 9.10. The van der Waals surface area contributed by atoms with Gasteiger partial charge in [0.25, 0.3) is 0 Å². The molecule has 0 heterocycles. The monoisotopic (exact) mass is 438 g/mol. The van der Waals surface area contributed by atoms with Crippen LogP contribution in [0.5, 0.6) is 5.75 Å². The Morgan fingerprint density at radius 3 is 2.57 bits per heavy atom. The normalized spacial score (nSPS) is 10.6. The lowest BCUT2D eigenvalue weighted by molar-refractivity contribution is 0.132. The van der Waals surface area contributed by atoms with Crippen LogP contribution in [0.1, 0.15) is 22.3 Å². The quantitative estimate of drug-likeness (QED) is 0.356. The number of nitrogens with zero attached hydrogens (tertiary/aromatic N) is 2. The first-order valence-corrected chi connectivity index (χ1v) is 9.25. The largest absolute Gasteiger partial charge is 0.488 e. The Kier molecular flexibility index (Phi) is 6.77. The van der Waals surface area contributed by atoms with E-state index in [4.69, 9.17) is 14.8 Å². The Bertz CT molecular complexity index is 1010. The second kappa shape index (κ2) is 9.67. The zero-order valence-corrected chi connectivity index (χ0v) is 16.4. The highest BCUT2D eigenvalue weighted by Gasteiger charge is 2.04. The molecule has 0 saturated carbocycles. The van der Waals surface area contributed by atoms with Crippen molar-refractivity contribution in [2.45, 2.75) is 13.2 Å². The van der Waals surface area contributed by atoms with Crippen LogP contribution in [0, 0.1) is 17.1 Å². The molecule has 0 radical (unpaired) electrons. The lowest BCUT2D eigenvalue weighted by Gasteiger charge is -2.09. The van der Waals surface area contributed by atoms with Crippen molar-refractivity contribution < 1.29 is 14.0 Å². The molecule has 0 aliphatic rings. The summed E-state index contributed by atoms with van der Waals surface area (Å²) >= 11 is 3.47. The van der Waals surface area contributed by atoms with Crippen molar-refractivity contribution in [1.29, 1.82) is 5.26 Å². The molecule has 0 aliphatic carbocycles. The molecule has 0 bridgehead atoms. The van der Waals surface area contributed by atoms with E-state index in [1.54, 1.807) is 24.4 Å². The Hall–Kier alpha value is -3.17. The first-order valence-electron chi connectivity index (χ1n) is 8.46. The van der Waals surface area contributed by atoms with Crippen molar-refractivity contribution in [1.82, 2.24) is 0 Å². The summed E-state index contributed by atoms with van der Waals surface area (Å²) in [6.45, 7) is 0.563. The first-order chi connectivity index (χ1) is 13.7. The molecule has 28 heavy (non-hydrogen) atoms. The van der Waals surface area contributed by atoms with Crippen molar-refractivity contribution in [3.05, 3.63) is 99.3 Å². The van der Waals surface area contributed by atoms with E-state index in [2.05, 4.69) is 27.2 Å². The number of oxime groups is 1. The Morgan fingerprint density at radius 1 is 1.04 bits per heavy atom. The van der Waals surface area contributed by atoms with Gasteiger partial charge in [0.2, 0.25) is 0 Å². The summed E-state index contributed by atoms with van der Waals surface area (Å²) in [6.07, 6.45) is 1.59. The summed E-state index contributed by atoms with van der Waals surface area (Å²) in [5.74, 6) is 0.400. The van der Waals surface area contributed by atoms with Crippen LogP contribution in [-0.2, 0) is 18.1 Å². The van der Waals surface area contributed by atoms with E-state index < -0.39 is 0 Å². The summed E-state index contributed by atoms with van der Waals surface area (Å²) in [5, 5.41) is 13.0. The van der Waals surface area contributed by atoms with Gasteiger partial charge in [-0.3, -0.25) is 0 Å². The molecule has 3 aromatic rings. The molecule has 3 rings (SSSR count). The third kappa shape index (κ3) is 5.41. The van der Waals surface area contributed by atoms with E-state index in [1.165, 1.54) is 12.1 Å². The third-order valence-corrected chi connectivity index (χ3v) is 4.52. The number of nitriles is 1. The number of hydrogen-bond donors (Lipinski definition) is 0. The molecular formula is C22H16BrFN2O2. The van der Waals surface area contributed by atoms with Gasteiger partial charge in [0.15, 0.2) is 0 Å². The van der Waals surface area contributed by atoms with Gasteiger partial charge >= 0.3 is 0 Å². The van der Waals surface area contributed by atoms with Crippen LogP contribution in [0.2, 0.25) is 0 Å². The molecule has 0 aliphatic heterocycles. The SMILES string of the molecule is N#Cc1ccccc1CO/N=C\c1ccc(OCc2ccc(F)cc2)c(Br)c1. The summed E-state index contributed by atoms with van der Waals surface area (Å²) < 4.78 is 19.5. The minimum absolute atomic E-state index is 0.222. The minimum atomic E-state index is -0.271. The molecule has 0 atom stereocenters. The number of rotatable bonds is 7. The molecule has 6 heteroatoms. The summed E-state index contributed by atoms with van der Waals surface area (Å²) in [7, 11) is 0. The van der Waals surface area contributed by atoms with Crippen LogP contribution >= 0.6 is 15.9 Å². The van der Waals surface area contributed by atoms with Gasteiger partial charge in [0, 0.05) is 5.56 Å². The summed E-state index contributed by atoms with van der Waals surface area (Å²) in [4.78, 5) is 5.29. The summed E-state index contributed by atoms with van der Waals surface area (Å²) in [5.41, 5.74) is 3.07. The molecule has 0 fully saturated rings. The van der Waals surface area contributed by atoms with Crippen molar-refractivity contribution in [2.75, 3.05) is 0 Å². The Balaban J connectivity index is 1.55. The predicted octanol–water partition coefficient (Wildman–Crippen LogP) is 5.59. The maximum Gasteiger partial charge on any atom is 0.143 e. The molecule has 4 nitrogen and oxygen atoms in total. The van der Waals surface area contributed by atoms with Gasteiger partial charge < -0.3 is 9.57 Å². The fraction of sp³-hybridized carbons (Fsp3) is 0.0909. The molecule has 0 saturated heterocycles. The number of hydrogen-bond acceptors (Lipinski definition) is 4. The lowest BCUT2D eigenvalue weighted by Crippen LogP contribution is -1.97. The number of ether oxygens (including phenoxy) is 1. The molecule has 3 aromatic carbocycles. The van der Waals surface area contributed by atoms with E-state index in [-0.39, 0.29) is 12.4 Å². The third-order valence-electron chi connectivity index (χ3n) is 3.90. The second-order valence-corrected chi connectivity index (χ2v) is 6.74. The van der Waals surface area contributed by atoms with Gasteiger partial charge in [-0.15, -0.1) is 0 Å². The molecule has 0 amide bonds. The van der Waals surface area contributed by atoms with Crippen LogP contribution in [0.15, 0.2) is 76.4 Å². The topological polar surface area (TPSA) is 54.6 Å². The minimum Gasteiger partial charge on any atom is -0.488 e. The molecule has 140 valence electrons. The highest BCUT2D eigenvalue weighted by atomic mass is 79.9. The molecule has 0 N–H and O–H groups in total. The molecule has 0 spiro atoms. The summed E-state index contributed by atoms with van der Waals surface area (Å²) in [6, 6.07) is 21.1. The van der Waals surface area contributed by atoms with E-state index >= 15 is 0 Å². The van der Waals surface area contributed by atoms with Crippen LogP contribution in [0.4, 0.5) is 4.39 Å². The van der Waals surface area contributed by atoms with Gasteiger partial charge in [-0.25, -0.2) is 4.39 Å². The maximum atomic E-state index is 12.9. The average molecular weight is 439 g/mol. The fourth-order valence-corrected chi connectivity index (χ4v) is 2.93. The van der Waals surface area contributed by atoms with Crippen LogP contribution in [-0.4, -0.2) is 6.21 Å². The molecule has 0 unspecified atom stereocenters.